The second-order valence-corrected chi connectivity index (χ2v) is 7.81. The number of nitrogens with zero attached hydrogens (tertiary/aromatic N) is 3. The Morgan fingerprint density at radius 3 is 2.66 bits per heavy atom. The molecule has 2 amide bonds. The minimum absolute atomic E-state index is 0.110. The highest BCUT2D eigenvalue weighted by molar-refractivity contribution is 6.04. The third-order valence-electron chi connectivity index (χ3n) is 5.71. The zero-order valence-corrected chi connectivity index (χ0v) is 18.2. The number of carbonyl (C=O) groups excluding carboxylic acids is 2. The van der Waals surface area contributed by atoms with Crippen LogP contribution in [0.5, 0.6) is 0 Å². The standard InChI is InChI=1S/C25H26N4O3/c1-28-15-7-11-21(28)24(30)26-14-13-19(16-18-8-4-3-5-9-18)29(2)25(31)20-10-6-12-22-23(20)27-17-32-22/h3-12,15,17,19H,13-14,16H2,1-2H3,(H,26,30)/t19-/m1/s1. The summed E-state index contributed by atoms with van der Waals surface area (Å²) in [5, 5.41) is 2.98. The Balaban J connectivity index is 1.50. The molecule has 0 spiro atoms. The van der Waals surface area contributed by atoms with E-state index in [2.05, 4.69) is 10.3 Å². The molecule has 4 rings (SSSR count). The molecule has 0 saturated heterocycles. The lowest BCUT2D eigenvalue weighted by molar-refractivity contribution is 0.0724. The second kappa shape index (κ2) is 9.51. The maximum Gasteiger partial charge on any atom is 0.267 e. The molecule has 0 aliphatic rings. The van der Waals surface area contributed by atoms with Gasteiger partial charge in [0.2, 0.25) is 0 Å². The van der Waals surface area contributed by atoms with E-state index in [-0.39, 0.29) is 17.9 Å². The fourth-order valence-corrected chi connectivity index (χ4v) is 3.87. The Kier molecular flexibility index (Phi) is 6.35. The van der Waals surface area contributed by atoms with E-state index in [4.69, 9.17) is 4.42 Å². The van der Waals surface area contributed by atoms with Crippen LogP contribution in [0.2, 0.25) is 0 Å². The number of amides is 2. The lowest BCUT2D eigenvalue weighted by Crippen LogP contribution is -2.41. The van der Waals surface area contributed by atoms with Crippen molar-refractivity contribution >= 4 is 22.9 Å². The molecular formula is C25H26N4O3. The first kappa shape index (κ1) is 21.4. The zero-order valence-electron chi connectivity index (χ0n) is 18.2. The van der Waals surface area contributed by atoms with Crippen molar-refractivity contribution in [3.63, 3.8) is 0 Å². The normalized spacial score (nSPS) is 11.9. The van der Waals surface area contributed by atoms with Gasteiger partial charge < -0.3 is 19.2 Å². The number of likely N-dealkylation sites (N-methyl/N-ethyl adjacent to an activating group) is 1. The average Bonchev–Trinajstić information content (AvgIpc) is 3.46. The maximum absolute atomic E-state index is 13.4. The highest BCUT2D eigenvalue weighted by Crippen LogP contribution is 2.21. The Labute approximate surface area is 186 Å². The van der Waals surface area contributed by atoms with Gasteiger partial charge in [-0.2, -0.15) is 0 Å². The van der Waals surface area contributed by atoms with Crippen LogP contribution in [-0.4, -0.2) is 45.9 Å². The van der Waals surface area contributed by atoms with Crippen LogP contribution in [0.4, 0.5) is 0 Å². The zero-order chi connectivity index (χ0) is 22.5. The Morgan fingerprint density at radius 1 is 1.09 bits per heavy atom. The predicted octanol–water partition coefficient (Wildman–Crippen LogP) is 3.67. The molecule has 32 heavy (non-hydrogen) atoms. The summed E-state index contributed by atoms with van der Waals surface area (Å²) in [6, 6.07) is 18.9. The number of hydrogen-bond acceptors (Lipinski definition) is 4. The van der Waals surface area contributed by atoms with Crippen LogP contribution in [0.15, 0.2) is 77.7 Å². The molecule has 1 N–H and O–H groups in total. The molecular weight excluding hydrogens is 404 g/mol. The van der Waals surface area contributed by atoms with Crippen molar-refractivity contribution in [1.29, 1.82) is 0 Å². The lowest BCUT2D eigenvalue weighted by atomic mass is 10.0. The van der Waals surface area contributed by atoms with Crippen LogP contribution in [-0.2, 0) is 13.5 Å². The van der Waals surface area contributed by atoms with E-state index in [0.717, 1.165) is 5.56 Å². The molecule has 7 nitrogen and oxygen atoms in total. The van der Waals surface area contributed by atoms with E-state index >= 15 is 0 Å². The van der Waals surface area contributed by atoms with Gasteiger partial charge in [-0.15, -0.1) is 0 Å². The van der Waals surface area contributed by atoms with Gasteiger partial charge in [0.05, 0.1) is 5.56 Å². The molecule has 0 fully saturated rings. The first-order valence-corrected chi connectivity index (χ1v) is 10.6. The van der Waals surface area contributed by atoms with Gasteiger partial charge in [0.25, 0.3) is 11.8 Å². The first-order chi connectivity index (χ1) is 15.5. The van der Waals surface area contributed by atoms with Gasteiger partial charge in [0, 0.05) is 32.9 Å². The number of para-hydroxylation sites is 1. The third-order valence-corrected chi connectivity index (χ3v) is 5.71. The largest absolute Gasteiger partial charge is 0.443 e. The van der Waals surface area contributed by atoms with Gasteiger partial charge in [-0.25, -0.2) is 4.98 Å². The fourth-order valence-electron chi connectivity index (χ4n) is 3.87. The molecule has 0 unspecified atom stereocenters. The van der Waals surface area contributed by atoms with E-state index in [0.29, 0.717) is 41.7 Å². The number of aromatic nitrogens is 2. The van der Waals surface area contributed by atoms with E-state index in [1.165, 1.54) is 6.39 Å². The summed E-state index contributed by atoms with van der Waals surface area (Å²) < 4.78 is 7.13. The van der Waals surface area contributed by atoms with Gasteiger partial charge in [0.1, 0.15) is 11.2 Å². The van der Waals surface area contributed by atoms with E-state index in [1.54, 1.807) is 40.8 Å². The molecule has 2 aromatic carbocycles. The van der Waals surface area contributed by atoms with Gasteiger partial charge in [-0.05, 0) is 42.7 Å². The van der Waals surface area contributed by atoms with Crippen molar-refractivity contribution in [2.75, 3.05) is 13.6 Å². The number of benzene rings is 2. The Hall–Kier alpha value is -3.87. The molecule has 0 saturated carbocycles. The maximum atomic E-state index is 13.4. The van der Waals surface area contributed by atoms with Gasteiger partial charge >= 0.3 is 0 Å². The van der Waals surface area contributed by atoms with Crippen molar-refractivity contribution in [2.45, 2.75) is 18.9 Å². The van der Waals surface area contributed by atoms with Crippen molar-refractivity contribution in [3.05, 3.63) is 90.1 Å². The van der Waals surface area contributed by atoms with Crippen LogP contribution in [0.3, 0.4) is 0 Å². The fraction of sp³-hybridized carbons (Fsp3) is 0.240. The molecule has 0 radical (unpaired) electrons. The summed E-state index contributed by atoms with van der Waals surface area (Å²) in [6.45, 7) is 0.452. The number of nitrogens with one attached hydrogen (secondary N) is 1. The van der Waals surface area contributed by atoms with Gasteiger partial charge in [-0.1, -0.05) is 36.4 Å². The monoisotopic (exact) mass is 430 g/mol. The van der Waals surface area contributed by atoms with Crippen LogP contribution < -0.4 is 5.32 Å². The van der Waals surface area contributed by atoms with Crippen molar-refractivity contribution in [1.82, 2.24) is 19.8 Å². The second-order valence-electron chi connectivity index (χ2n) is 7.81. The highest BCUT2D eigenvalue weighted by Gasteiger charge is 2.24. The quantitative estimate of drug-likeness (QED) is 0.463. The topological polar surface area (TPSA) is 80.4 Å². The minimum atomic E-state index is -0.127. The Morgan fingerprint density at radius 2 is 1.91 bits per heavy atom. The van der Waals surface area contributed by atoms with Crippen LogP contribution in [0.25, 0.3) is 11.1 Å². The minimum Gasteiger partial charge on any atom is -0.443 e. The predicted molar refractivity (Wildman–Crippen MR) is 122 cm³/mol. The number of oxazole rings is 1. The summed E-state index contributed by atoms with van der Waals surface area (Å²) in [6.07, 6.45) is 4.48. The molecule has 4 aromatic rings. The van der Waals surface area contributed by atoms with Crippen LogP contribution in [0, 0.1) is 0 Å². The summed E-state index contributed by atoms with van der Waals surface area (Å²) in [5.41, 5.74) is 3.38. The molecule has 164 valence electrons. The van der Waals surface area contributed by atoms with E-state index in [1.807, 2.05) is 49.6 Å². The molecule has 2 heterocycles. The summed E-state index contributed by atoms with van der Waals surface area (Å²) >= 11 is 0. The lowest BCUT2D eigenvalue weighted by Gasteiger charge is -2.29. The number of carbonyl (C=O) groups is 2. The summed E-state index contributed by atoms with van der Waals surface area (Å²) in [7, 11) is 3.64. The number of hydrogen-bond donors (Lipinski definition) is 1. The smallest absolute Gasteiger partial charge is 0.267 e. The van der Waals surface area contributed by atoms with Crippen LogP contribution >= 0.6 is 0 Å². The SMILES string of the molecule is CN(C(=O)c1cccc2ocnc12)[C@H](CCNC(=O)c1cccn1C)Cc1ccccc1. The van der Waals surface area contributed by atoms with Gasteiger partial charge in [-0.3, -0.25) is 9.59 Å². The molecule has 0 aliphatic carbocycles. The molecule has 2 aromatic heterocycles. The number of aryl methyl sites for hydroxylation is 1. The third kappa shape index (κ3) is 4.56. The average molecular weight is 431 g/mol. The Bertz CT molecular complexity index is 1210. The van der Waals surface area contributed by atoms with Crippen molar-refractivity contribution < 1.29 is 14.0 Å². The number of rotatable bonds is 8. The molecule has 7 heteroatoms. The summed E-state index contributed by atoms with van der Waals surface area (Å²) in [5.74, 6) is -0.253. The first-order valence-electron chi connectivity index (χ1n) is 10.6. The molecule has 1 atom stereocenters. The molecule has 0 bridgehead atoms. The molecule has 0 aliphatic heterocycles. The van der Waals surface area contributed by atoms with E-state index < -0.39 is 0 Å². The van der Waals surface area contributed by atoms with Crippen molar-refractivity contribution in [3.8, 4) is 0 Å². The summed E-state index contributed by atoms with van der Waals surface area (Å²) in [4.78, 5) is 31.8. The van der Waals surface area contributed by atoms with Gasteiger partial charge in [0.15, 0.2) is 12.0 Å². The van der Waals surface area contributed by atoms with E-state index in [9.17, 15) is 9.59 Å². The van der Waals surface area contributed by atoms with Crippen molar-refractivity contribution in [2.24, 2.45) is 7.05 Å². The number of fused-ring (bicyclic) bond motifs is 1. The highest BCUT2D eigenvalue weighted by atomic mass is 16.3. The van der Waals surface area contributed by atoms with Crippen LogP contribution in [0.1, 0.15) is 32.8 Å².